The SMILES string of the molecule is CS(=O)(=O)c1n[nH]c(=O)n1C(F)F. The van der Waals surface area contributed by atoms with Gasteiger partial charge < -0.3 is 0 Å². The van der Waals surface area contributed by atoms with Crippen molar-refractivity contribution in [3.63, 3.8) is 0 Å². The molecule has 0 bridgehead atoms. The largest absolute Gasteiger partial charge is 0.348 e. The van der Waals surface area contributed by atoms with Crippen molar-refractivity contribution in [1.82, 2.24) is 14.8 Å². The predicted molar refractivity (Wildman–Crippen MR) is 37.2 cm³/mol. The number of H-pyrrole nitrogens is 1. The molecule has 0 saturated heterocycles. The standard InChI is InChI=1S/C4H5F2N3O3S/c1-13(11,12)4-8-7-3(10)9(4)2(5)6/h2H,1H3,(H,7,10). The van der Waals surface area contributed by atoms with Crippen molar-refractivity contribution in [1.29, 1.82) is 0 Å². The van der Waals surface area contributed by atoms with Crippen molar-refractivity contribution >= 4 is 9.84 Å². The van der Waals surface area contributed by atoms with Gasteiger partial charge >= 0.3 is 12.2 Å². The second kappa shape index (κ2) is 2.91. The zero-order chi connectivity index (χ0) is 10.2. The molecule has 74 valence electrons. The van der Waals surface area contributed by atoms with Crippen LogP contribution in [0.4, 0.5) is 8.78 Å². The van der Waals surface area contributed by atoms with Crippen molar-refractivity contribution in [2.75, 3.05) is 6.26 Å². The first-order valence-corrected chi connectivity index (χ1v) is 4.88. The van der Waals surface area contributed by atoms with E-state index in [9.17, 15) is 22.0 Å². The number of hydrogen-bond acceptors (Lipinski definition) is 4. The maximum atomic E-state index is 12.1. The van der Waals surface area contributed by atoms with E-state index in [0.717, 1.165) is 0 Å². The Morgan fingerprint density at radius 3 is 2.38 bits per heavy atom. The normalized spacial score (nSPS) is 12.3. The molecule has 0 aliphatic carbocycles. The number of aromatic amines is 1. The van der Waals surface area contributed by atoms with Crippen LogP contribution in [-0.4, -0.2) is 29.4 Å². The Balaban J connectivity index is 3.50. The third-order valence-corrected chi connectivity index (χ3v) is 2.15. The van der Waals surface area contributed by atoms with Gasteiger partial charge in [0.2, 0.25) is 9.84 Å². The smallest absolute Gasteiger partial charge is 0.246 e. The van der Waals surface area contributed by atoms with Crippen LogP contribution in [0.1, 0.15) is 6.55 Å². The van der Waals surface area contributed by atoms with Crippen LogP contribution < -0.4 is 5.69 Å². The van der Waals surface area contributed by atoms with Gasteiger partial charge in [0.15, 0.2) is 0 Å². The lowest BCUT2D eigenvalue weighted by molar-refractivity contribution is 0.0567. The summed E-state index contributed by atoms with van der Waals surface area (Å²) in [6.45, 7) is -3.23. The third-order valence-electron chi connectivity index (χ3n) is 1.20. The Labute approximate surface area is 71.1 Å². The summed E-state index contributed by atoms with van der Waals surface area (Å²) >= 11 is 0. The first-order valence-electron chi connectivity index (χ1n) is 2.99. The molecular weight excluding hydrogens is 208 g/mol. The molecule has 0 aliphatic heterocycles. The van der Waals surface area contributed by atoms with Crippen LogP contribution in [-0.2, 0) is 9.84 Å². The topological polar surface area (TPSA) is 84.8 Å². The molecule has 1 rings (SSSR count). The van der Waals surface area contributed by atoms with Gasteiger partial charge in [0.05, 0.1) is 0 Å². The molecule has 1 N–H and O–H groups in total. The maximum absolute atomic E-state index is 12.1. The number of hydrogen-bond donors (Lipinski definition) is 1. The summed E-state index contributed by atoms with van der Waals surface area (Å²) in [4.78, 5) is 10.6. The highest BCUT2D eigenvalue weighted by Crippen LogP contribution is 2.11. The van der Waals surface area contributed by atoms with Crippen LogP contribution in [0, 0.1) is 0 Å². The summed E-state index contributed by atoms with van der Waals surface area (Å²) in [6.07, 6.45) is 0.682. The van der Waals surface area contributed by atoms with E-state index >= 15 is 0 Å². The molecule has 0 amide bonds. The summed E-state index contributed by atoms with van der Waals surface area (Å²) in [6, 6.07) is 0. The van der Waals surface area contributed by atoms with Crippen LogP contribution in [0.25, 0.3) is 0 Å². The minimum absolute atomic E-state index is 0.227. The number of nitrogens with one attached hydrogen (secondary N) is 1. The molecule has 0 saturated carbocycles. The molecule has 0 spiro atoms. The quantitative estimate of drug-likeness (QED) is 0.708. The minimum atomic E-state index is -3.92. The fourth-order valence-corrected chi connectivity index (χ4v) is 1.46. The molecule has 0 fully saturated rings. The summed E-state index contributed by atoms with van der Waals surface area (Å²) in [5, 5.41) is 3.62. The van der Waals surface area contributed by atoms with Gasteiger partial charge in [-0.25, -0.2) is 22.9 Å². The Morgan fingerprint density at radius 1 is 1.54 bits per heavy atom. The molecule has 1 aromatic heterocycles. The molecule has 1 aromatic rings. The van der Waals surface area contributed by atoms with Crippen molar-refractivity contribution in [2.24, 2.45) is 0 Å². The van der Waals surface area contributed by atoms with E-state index in [1.807, 2.05) is 0 Å². The molecule has 9 heteroatoms. The minimum Gasteiger partial charge on any atom is -0.246 e. The molecule has 0 unspecified atom stereocenters. The number of sulfone groups is 1. The first-order chi connectivity index (χ1) is 5.84. The highest BCUT2D eigenvalue weighted by molar-refractivity contribution is 7.90. The number of rotatable bonds is 2. The second-order valence-corrected chi connectivity index (χ2v) is 4.14. The molecule has 0 radical (unpaired) electrons. The molecule has 1 heterocycles. The van der Waals surface area contributed by atoms with E-state index in [1.54, 1.807) is 5.10 Å². The Morgan fingerprint density at radius 2 is 2.08 bits per heavy atom. The van der Waals surface area contributed by atoms with E-state index < -0.39 is 27.2 Å². The van der Waals surface area contributed by atoms with Gasteiger partial charge in [-0.1, -0.05) is 0 Å². The fourth-order valence-electron chi connectivity index (χ4n) is 0.724. The van der Waals surface area contributed by atoms with Gasteiger partial charge in [-0.2, -0.15) is 8.78 Å². The Hall–Kier alpha value is -1.25. The van der Waals surface area contributed by atoms with E-state index in [2.05, 4.69) is 5.10 Å². The zero-order valence-corrected chi connectivity index (χ0v) is 7.18. The monoisotopic (exact) mass is 213 g/mol. The van der Waals surface area contributed by atoms with Crippen molar-refractivity contribution in [3.05, 3.63) is 10.5 Å². The van der Waals surface area contributed by atoms with Gasteiger partial charge in [-0.15, -0.1) is 5.10 Å². The van der Waals surface area contributed by atoms with Crippen LogP contribution in [0.3, 0.4) is 0 Å². The van der Waals surface area contributed by atoms with Crippen molar-refractivity contribution < 1.29 is 17.2 Å². The lowest BCUT2D eigenvalue weighted by Gasteiger charge is -2.00. The van der Waals surface area contributed by atoms with Crippen molar-refractivity contribution in [2.45, 2.75) is 11.7 Å². The van der Waals surface area contributed by atoms with E-state index in [0.29, 0.717) is 6.26 Å². The summed E-state index contributed by atoms with van der Waals surface area (Å²) in [5.74, 6) is 0. The van der Waals surface area contributed by atoms with Gasteiger partial charge in [0, 0.05) is 6.26 Å². The van der Waals surface area contributed by atoms with Crippen molar-refractivity contribution in [3.8, 4) is 0 Å². The molecule has 0 atom stereocenters. The average molecular weight is 213 g/mol. The van der Waals surface area contributed by atoms with E-state index in [1.165, 1.54) is 0 Å². The van der Waals surface area contributed by atoms with Gasteiger partial charge in [0.25, 0.3) is 5.16 Å². The zero-order valence-electron chi connectivity index (χ0n) is 6.36. The molecule has 0 aliphatic rings. The summed E-state index contributed by atoms with van der Waals surface area (Å²) < 4.78 is 45.5. The van der Waals surface area contributed by atoms with E-state index in [4.69, 9.17) is 0 Å². The first kappa shape index (κ1) is 9.84. The Kier molecular flexibility index (Phi) is 2.20. The van der Waals surface area contributed by atoms with Gasteiger partial charge in [-0.3, -0.25) is 0 Å². The number of nitrogens with zero attached hydrogens (tertiary/aromatic N) is 2. The molecule has 13 heavy (non-hydrogen) atoms. The number of halogens is 2. The third kappa shape index (κ3) is 1.74. The van der Waals surface area contributed by atoms with Gasteiger partial charge in [0.1, 0.15) is 0 Å². The predicted octanol–water partition coefficient (Wildman–Crippen LogP) is -0.630. The average Bonchev–Trinajstić information content (AvgIpc) is 2.28. The van der Waals surface area contributed by atoms with Crippen LogP contribution >= 0.6 is 0 Å². The van der Waals surface area contributed by atoms with Gasteiger partial charge in [-0.05, 0) is 0 Å². The molecular formula is C4H5F2N3O3S. The fraction of sp³-hybridized carbons (Fsp3) is 0.500. The van der Waals surface area contributed by atoms with Crippen LogP contribution in [0.15, 0.2) is 9.95 Å². The van der Waals surface area contributed by atoms with E-state index in [-0.39, 0.29) is 4.57 Å². The lowest BCUT2D eigenvalue weighted by Crippen LogP contribution is -2.21. The molecule has 0 aromatic carbocycles. The lowest BCUT2D eigenvalue weighted by atomic mass is 11.0. The highest BCUT2D eigenvalue weighted by atomic mass is 32.2. The van der Waals surface area contributed by atoms with Crippen LogP contribution in [0.5, 0.6) is 0 Å². The number of aromatic nitrogens is 3. The Bertz CT molecular complexity index is 459. The summed E-state index contributed by atoms with van der Waals surface area (Å²) in [5.41, 5.74) is -1.25. The summed E-state index contributed by atoms with van der Waals surface area (Å²) in [7, 11) is -3.92. The highest BCUT2D eigenvalue weighted by Gasteiger charge is 2.23. The second-order valence-electron chi connectivity index (χ2n) is 2.23. The number of alkyl halides is 2. The molecule has 6 nitrogen and oxygen atoms in total. The maximum Gasteiger partial charge on any atom is 0.348 e. The van der Waals surface area contributed by atoms with Crippen LogP contribution in [0.2, 0.25) is 0 Å².